The zero-order valence-corrected chi connectivity index (χ0v) is 23.2. The molecule has 42 heavy (non-hydrogen) atoms. The molecule has 0 saturated carbocycles. The number of aliphatic hydroxyl groups is 3. The van der Waals surface area contributed by atoms with E-state index in [1.807, 2.05) is 4.90 Å². The summed E-state index contributed by atoms with van der Waals surface area (Å²) in [5.74, 6) is -7.81. The van der Waals surface area contributed by atoms with Crippen LogP contribution in [0.5, 0.6) is 5.75 Å². The number of amides is 3. The molecule has 3 aliphatic carbocycles. The van der Waals surface area contributed by atoms with Crippen LogP contribution in [0.15, 0.2) is 34.8 Å². The number of benzene rings is 1. The number of ketones is 3. The monoisotopic (exact) mass is 583 g/mol. The number of carbonyl (C=O) groups excluding carboxylic acids is 5. The number of primary amides is 2. The van der Waals surface area contributed by atoms with Gasteiger partial charge in [0.25, 0.3) is 5.91 Å². The van der Waals surface area contributed by atoms with Gasteiger partial charge in [-0.1, -0.05) is 0 Å². The highest BCUT2D eigenvalue weighted by Gasteiger charge is 2.63. The molecule has 0 unspecified atom stereocenters. The summed E-state index contributed by atoms with van der Waals surface area (Å²) in [7, 11) is 3.09. The molecule has 5 rings (SSSR count). The van der Waals surface area contributed by atoms with E-state index in [1.54, 1.807) is 14.1 Å². The Balaban J connectivity index is 1.54. The number of phenolic OH excluding ortho intramolecular Hbond substituents is 1. The number of piperazine rings is 1. The van der Waals surface area contributed by atoms with E-state index in [9.17, 15) is 44.4 Å². The van der Waals surface area contributed by atoms with Crippen LogP contribution in [0, 0.1) is 11.8 Å². The lowest BCUT2D eigenvalue weighted by atomic mass is 9.58. The van der Waals surface area contributed by atoms with Crippen LogP contribution in [0.3, 0.4) is 0 Å². The van der Waals surface area contributed by atoms with Gasteiger partial charge in [0.2, 0.25) is 5.78 Å². The van der Waals surface area contributed by atoms with Crippen molar-refractivity contribution in [1.29, 1.82) is 0 Å². The Morgan fingerprint density at radius 2 is 1.69 bits per heavy atom. The maximum absolute atomic E-state index is 13.8. The minimum absolute atomic E-state index is 0.00916. The van der Waals surface area contributed by atoms with Crippen LogP contribution in [-0.2, 0) is 16.0 Å². The highest BCUT2D eigenvalue weighted by molar-refractivity contribution is 6.25. The number of aromatic hydroxyl groups is 1. The predicted octanol–water partition coefficient (Wildman–Crippen LogP) is -1.00. The SMILES string of the molecule is CN(C)[C@@H]1C(O)=C(C(N)=O)C(=O)[C@@]2(O)C(O)=C3C(=O)c4c(O)ccc(C(=O)CN5CCN(C(N)=O)CC5)c4C[C@H]3C[C@@H]12. The molecule has 0 aromatic heterocycles. The average Bonchev–Trinajstić information content (AvgIpc) is 2.90. The summed E-state index contributed by atoms with van der Waals surface area (Å²) < 4.78 is 0. The third-order valence-electron chi connectivity index (χ3n) is 8.96. The molecule has 4 aliphatic rings. The highest BCUT2D eigenvalue weighted by Crippen LogP contribution is 2.52. The number of nitrogens with two attached hydrogens (primary N) is 2. The Morgan fingerprint density at radius 3 is 2.26 bits per heavy atom. The summed E-state index contributed by atoms with van der Waals surface area (Å²) in [5, 5.41) is 44.6. The van der Waals surface area contributed by atoms with E-state index in [0.29, 0.717) is 26.2 Å². The molecule has 0 bridgehead atoms. The molecule has 14 heteroatoms. The van der Waals surface area contributed by atoms with Crippen LogP contribution >= 0.6 is 0 Å². The minimum atomic E-state index is -2.74. The lowest BCUT2D eigenvalue weighted by Gasteiger charge is -2.50. The van der Waals surface area contributed by atoms with E-state index in [2.05, 4.69) is 0 Å². The smallest absolute Gasteiger partial charge is 0.314 e. The first-order chi connectivity index (χ1) is 19.7. The van der Waals surface area contributed by atoms with Gasteiger partial charge in [-0.05, 0) is 50.6 Å². The Hall–Kier alpha value is -4.27. The third kappa shape index (κ3) is 4.25. The van der Waals surface area contributed by atoms with E-state index in [4.69, 9.17) is 11.5 Å². The molecular weight excluding hydrogens is 550 g/mol. The van der Waals surface area contributed by atoms with Crippen LogP contribution in [0.2, 0.25) is 0 Å². The van der Waals surface area contributed by atoms with Crippen LogP contribution in [-0.4, -0.2) is 123 Å². The quantitative estimate of drug-likeness (QED) is 0.182. The van der Waals surface area contributed by atoms with Gasteiger partial charge in [-0.2, -0.15) is 0 Å². The molecule has 1 aliphatic heterocycles. The molecule has 1 fully saturated rings. The second kappa shape index (κ2) is 10.2. The van der Waals surface area contributed by atoms with Crippen LogP contribution in [0.4, 0.5) is 4.79 Å². The molecule has 3 amide bonds. The molecule has 1 heterocycles. The van der Waals surface area contributed by atoms with E-state index in [-0.39, 0.29) is 47.4 Å². The van der Waals surface area contributed by atoms with E-state index in [0.717, 1.165) is 0 Å². The number of likely N-dealkylation sites (N-methyl/N-ethyl adjacent to an activating group) is 1. The first kappa shape index (κ1) is 29.2. The van der Waals surface area contributed by atoms with Gasteiger partial charge in [-0.3, -0.25) is 29.0 Å². The lowest BCUT2D eigenvalue weighted by molar-refractivity contribution is -0.148. The first-order valence-electron chi connectivity index (χ1n) is 13.5. The van der Waals surface area contributed by atoms with Gasteiger partial charge in [0.05, 0.1) is 18.2 Å². The van der Waals surface area contributed by atoms with Crippen molar-refractivity contribution in [3.63, 3.8) is 0 Å². The van der Waals surface area contributed by atoms with Crippen molar-refractivity contribution in [1.82, 2.24) is 14.7 Å². The van der Waals surface area contributed by atoms with Crippen LogP contribution in [0.1, 0.15) is 32.7 Å². The molecule has 14 nitrogen and oxygen atoms in total. The van der Waals surface area contributed by atoms with Gasteiger partial charge in [-0.25, -0.2) is 4.79 Å². The van der Waals surface area contributed by atoms with Crippen molar-refractivity contribution < 1.29 is 44.4 Å². The number of hydrogen-bond donors (Lipinski definition) is 6. The molecule has 8 N–H and O–H groups in total. The Kier molecular flexibility index (Phi) is 7.11. The number of aliphatic hydroxyl groups excluding tert-OH is 2. The van der Waals surface area contributed by atoms with E-state index >= 15 is 0 Å². The number of allylic oxidation sites excluding steroid dienone is 1. The van der Waals surface area contributed by atoms with Gasteiger partial charge in [0.15, 0.2) is 17.2 Å². The highest BCUT2D eigenvalue weighted by atomic mass is 16.3. The topological polar surface area (TPSA) is 228 Å². The lowest BCUT2D eigenvalue weighted by Crippen LogP contribution is -2.63. The third-order valence-corrected chi connectivity index (χ3v) is 8.96. The number of urea groups is 1. The molecule has 0 spiro atoms. The maximum atomic E-state index is 13.8. The van der Waals surface area contributed by atoms with Crippen LogP contribution < -0.4 is 11.5 Å². The van der Waals surface area contributed by atoms with Gasteiger partial charge in [-0.15, -0.1) is 0 Å². The summed E-state index contributed by atoms with van der Waals surface area (Å²) in [6, 6.07) is 0.981. The summed E-state index contributed by atoms with van der Waals surface area (Å²) in [4.78, 5) is 69.0. The zero-order chi connectivity index (χ0) is 30.8. The minimum Gasteiger partial charge on any atom is -0.510 e. The standard InChI is InChI=1S/C28H33N5O9/c1-31(2)21-15-10-12-9-14-13(17(35)11-32-5-7-33(8-6-32)27(30)41)3-4-16(34)19(14)22(36)18(12)24(38)28(15,42)25(39)20(23(21)37)26(29)40/h3-4,12,15,21,34,37-38,42H,5-11H2,1-2H3,(H2,29,40)(H2,30,41)/t12-,15-,21-,28-/m0/s1. The van der Waals surface area contributed by atoms with Crippen molar-refractivity contribution in [2.24, 2.45) is 23.3 Å². The van der Waals surface area contributed by atoms with Crippen molar-refractivity contribution in [2.75, 3.05) is 46.8 Å². The Labute approximate surface area is 240 Å². The van der Waals surface area contributed by atoms with Crippen molar-refractivity contribution in [2.45, 2.75) is 24.5 Å². The fraction of sp³-hybridized carbons (Fsp3) is 0.464. The summed E-state index contributed by atoms with van der Waals surface area (Å²) >= 11 is 0. The fourth-order valence-corrected chi connectivity index (χ4v) is 6.93. The molecule has 4 atom stereocenters. The molecule has 224 valence electrons. The van der Waals surface area contributed by atoms with Gasteiger partial charge in [0.1, 0.15) is 22.8 Å². The average molecular weight is 584 g/mol. The van der Waals surface area contributed by atoms with Gasteiger partial charge >= 0.3 is 6.03 Å². The fourth-order valence-electron chi connectivity index (χ4n) is 6.93. The Morgan fingerprint density at radius 1 is 1.05 bits per heavy atom. The van der Waals surface area contributed by atoms with Gasteiger partial charge in [0, 0.05) is 43.2 Å². The first-order valence-corrected chi connectivity index (χ1v) is 13.5. The summed E-state index contributed by atoms with van der Waals surface area (Å²) in [6.45, 7) is 1.55. The molecular formula is C28H33N5O9. The second-order valence-electron chi connectivity index (χ2n) is 11.5. The maximum Gasteiger partial charge on any atom is 0.314 e. The number of hydrogen-bond acceptors (Lipinski definition) is 11. The predicted molar refractivity (Wildman–Crippen MR) is 146 cm³/mol. The number of nitrogens with zero attached hydrogens (tertiary/aromatic N) is 3. The van der Waals surface area contributed by atoms with Crippen molar-refractivity contribution in [3.05, 3.63) is 51.5 Å². The number of fused-ring (bicyclic) bond motifs is 3. The number of phenols is 1. The van der Waals surface area contributed by atoms with E-state index in [1.165, 1.54) is 21.9 Å². The summed E-state index contributed by atoms with van der Waals surface area (Å²) in [6.07, 6.45) is -0.0659. The summed E-state index contributed by atoms with van der Waals surface area (Å²) in [5.41, 5.74) is 7.03. The van der Waals surface area contributed by atoms with Gasteiger partial charge < -0.3 is 36.8 Å². The van der Waals surface area contributed by atoms with Crippen LogP contribution in [0.25, 0.3) is 0 Å². The van der Waals surface area contributed by atoms with E-state index < -0.39 is 69.8 Å². The van der Waals surface area contributed by atoms with Crippen molar-refractivity contribution >= 4 is 29.3 Å². The molecule has 1 saturated heterocycles. The number of rotatable bonds is 5. The second-order valence-corrected chi connectivity index (χ2v) is 11.5. The largest absolute Gasteiger partial charge is 0.510 e. The number of carbonyl (C=O) groups is 5. The van der Waals surface area contributed by atoms with Crippen molar-refractivity contribution in [3.8, 4) is 5.75 Å². The zero-order valence-electron chi connectivity index (χ0n) is 23.2. The molecule has 1 aromatic rings. The molecule has 1 aromatic carbocycles. The number of Topliss-reactive ketones (excluding diaryl/α,β-unsaturated/α-hetero) is 3. The molecule has 0 radical (unpaired) electrons. The normalized spacial score (nSPS) is 28.0. The Bertz CT molecular complexity index is 1490.